The topological polar surface area (TPSA) is 16.4 Å². The molecule has 0 radical (unpaired) electrons. The molecular weight excluding hydrogens is 230 g/mol. The van der Waals surface area contributed by atoms with Crippen LogP contribution in [0.25, 0.3) is 11.2 Å². The molecular formula is C14H11NOS. The first-order valence-corrected chi connectivity index (χ1v) is 6.13. The largest absolute Gasteiger partial charge is 0.457 e. The summed E-state index contributed by atoms with van der Waals surface area (Å²) in [4.78, 5) is 3.38. The Morgan fingerprint density at radius 1 is 0.941 bits per heavy atom. The van der Waals surface area contributed by atoms with Crippen LogP contribution in [0, 0.1) is 0 Å². The molecule has 1 aromatic carbocycles. The third-order valence-corrected chi connectivity index (χ3v) is 3.86. The molecule has 3 heteroatoms. The Hall–Kier alpha value is -1.61. The van der Waals surface area contributed by atoms with Gasteiger partial charge in [-0.3, -0.25) is 0 Å². The maximum atomic E-state index is 5.66. The quantitative estimate of drug-likeness (QED) is 0.654. The number of thiol groups is 1. The molecule has 4 rings (SSSR count). The lowest BCUT2D eigenvalue weighted by molar-refractivity contribution is 0.663. The van der Waals surface area contributed by atoms with Crippen molar-refractivity contribution in [3.8, 4) is 0 Å². The zero-order valence-corrected chi connectivity index (χ0v) is 10.1. The standard InChI is InChI=1S/C14H11NOS/c17-14-4-2-1-3-11(14)15-7-9-10(8-15)13-6-5-12(9)16-13/h1-6,17H,7-8H2. The summed E-state index contributed by atoms with van der Waals surface area (Å²) in [6.07, 6.45) is 0. The van der Waals surface area contributed by atoms with Crippen LogP contribution < -0.4 is 4.90 Å². The number of nitrogens with zero attached hydrogens (tertiary/aromatic N) is 1. The van der Waals surface area contributed by atoms with Gasteiger partial charge < -0.3 is 9.32 Å². The second-order valence-electron chi connectivity index (χ2n) is 4.47. The van der Waals surface area contributed by atoms with Gasteiger partial charge in [-0.15, -0.1) is 12.6 Å². The van der Waals surface area contributed by atoms with E-state index < -0.39 is 0 Å². The monoisotopic (exact) mass is 241 g/mol. The molecule has 0 amide bonds. The SMILES string of the molecule is Sc1ccccc1N1Cc2c(c3ccc2o3)C1. The first kappa shape index (κ1) is 9.42. The summed E-state index contributed by atoms with van der Waals surface area (Å²) in [6.45, 7) is 1.85. The summed E-state index contributed by atoms with van der Waals surface area (Å²) in [6, 6.07) is 12.3. The van der Waals surface area contributed by atoms with Crippen LogP contribution in [0.4, 0.5) is 5.69 Å². The molecule has 0 N–H and O–H groups in total. The smallest absolute Gasteiger partial charge is 0.133 e. The molecule has 17 heavy (non-hydrogen) atoms. The minimum atomic E-state index is 0.927. The highest BCUT2D eigenvalue weighted by Crippen LogP contribution is 2.39. The third-order valence-electron chi connectivity index (χ3n) is 3.49. The van der Waals surface area contributed by atoms with Crippen molar-refractivity contribution in [3.05, 3.63) is 47.5 Å². The minimum Gasteiger partial charge on any atom is -0.457 e. The van der Waals surface area contributed by atoms with Gasteiger partial charge in [0.15, 0.2) is 0 Å². The molecule has 3 aromatic rings. The predicted molar refractivity (Wildman–Crippen MR) is 71.0 cm³/mol. The molecule has 1 aliphatic rings. The number of rotatable bonds is 1. The fourth-order valence-electron chi connectivity index (χ4n) is 2.65. The van der Waals surface area contributed by atoms with E-state index in [1.54, 1.807) is 0 Å². The number of para-hydroxylation sites is 1. The van der Waals surface area contributed by atoms with E-state index in [0.29, 0.717) is 0 Å². The lowest BCUT2D eigenvalue weighted by Crippen LogP contribution is -2.15. The van der Waals surface area contributed by atoms with Gasteiger partial charge in [0.2, 0.25) is 0 Å². The van der Waals surface area contributed by atoms with Crippen molar-refractivity contribution in [2.75, 3.05) is 4.90 Å². The van der Waals surface area contributed by atoms with Crippen LogP contribution in [0.15, 0.2) is 45.7 Å². The van der Waals surface area contributed by atoms with Crippen LogP contribution in [0.2, 0.25) is 0 Å². The summed E-state index contributed by atoms with van der Waals surface area (Å²) in [7, 11) is 0. The molecule has 0 saturated heterocycles. The average Bonchev–Trinajstić information content (AvgIpc) is 3.01. The minimum absolute atomic E-state index is 0.927. The highest BCUT2D eigenvalue weighted by Gasteiger charge is 2.27. The number of furan rings is 2. The number of fused-ring (bicyclic) bond motifs is 5. The Balaban J connectivity index is 1.77. The van der Waals surface area contributed by atoms with Crippen LogP contribution >= 0.6 is 12.6 Å². The van der Waals surface area contributed by atoms with Crippen LogP contribution in [0.3, 0.4) is 0 Å². The number of hydrogen-bond donors (Lipinski definition) is 1. The van der Waals surface area contributed by atoms with Crippen LogP contribution in [-0.4, -0.2) is 0 Å². The lowest BCUT2D eigenvalue weighted by atomic mass is 10.1. The Bertz CT molecular complexity index is 653. The first-order valence-electron chi connectivity index (χ1n) is 5.68. The Morgan fingerprint density at radius 3 is 2.24 bits per heavy atom. The van der Waals surface area contributed by atoms with E-state index in [1.807, 2.05) is 12.1 Å². The zero-order valence-electron chi connectivity index (χ0n) is 9.18. The van der Waals surface area contributed by atoms with E-state index in [2.05, 4.69) is 41.8 Å². The van der Waals surface area contributed by atoms with Gasteiger partial charge in [0, 0.05) is 29.1 Å². The van der Waals surface area contributed by atoms with Gasteiger partial charge in [0.1, 0.15) is 11.2 Å². The van der Waals surface area contributed by atoms with Crippen LogP contribution in [0.1, 0.15) is 11.1 Å². The van der Waals surface area contributed by atoms with Gasteiger partial charge in [-0.2, -0.15) is 0 Å². The number of anilines is 1. The molecule has 2 nitrogen and oxygen atoms in total. The van der Waals surface area contributed by atoms with Crippen molar-refractivity contribution in [2.45, 2.75) is 18.0 Å². The molecule has 1 aliphatic heterocycles. The molecule has 0 spiro atoms. The fourth-order valence-corrected chi connectivity index (χ4v) is 2.95. The summed E-state index contributed by atoms with van der Waals surface area (Å²) in [5, 5.41) is 0. The lowest BCUT2D eigenvalue weighted by Gasteiger charge is -2.19. The van der Waals surface area contributed by atoms with E-state index >= 15 is 0 Å². The van der Waals surface area contributed by atoms with Crippen molar-refractivity contribution in [3.63, 3.8) is 0 Å². The second-order valence-corrected chi connectivity index (χ2v) is 4.95. The van der Waals surface area contributed by atoms with Gasteiger partial charge in [0.25, 0.3) is 0 Å². The normalized spacial score (nSPS) is 14.8. The number of benzene rings is 2. The molecule has 0 saturated carbocycles. The molecule has 2 aromatic heterocycles. The summed E-state index contributed by atoms with van der Waals surface area (Å²) >= 11 is 4.52. The maximum Gasteiger partial charge on any atom is 0.133 e. The second kappa shape index (κ2) is 3.20. The predicted octanol–water partition coefficient (Wildman–Crippen LogP) is 3.68. The average molecular weight is 241 g/mol. The third kappa shape index (κ3) is 1.23. The van der Waals surface area contributed by atoms with E-state index in [0.717, 1.165) is 29.2 Å². The first-order chi connectivity index (χ1) is 8.33. The van der Waals surface area contributed by atoms with E-state index in [-0.39, 0.29) is 0 Å². The van der Waals surface area contributed by atoms with E-state index in [9.17, 15) is 0 Å². The van der Waals surface area contributed by atoms with Gasteiger partial charge in [-0.1, -0.05) is 12.1 Å². The maximum absolute atomic E-state index is 5.66. The van der Waals surface area contributed by atoms with E-state index in [1.165, 1.54) is 16.8 Å². The van der Waals surface area contributed by atoms with Gasteiger partial charge >= 0.3 is 0 Å². The Labute approximate surface area is 105 Å². The van der Waals surface area contributed by atoms with Crippen molar-refractivity contribution in [2.24, 2.45) is 0 Å². The zero-order chi connectivity index (χ0) is 11.4. The van der Waals surface area contributed by atoms with Crippen molar-refractivity contribution in [1.82, 2.24) is 0 Å². The molecule has 0 fully saturated rings. The summed E-state index contributed by atoms with van der Waals surface area (Å²) in [5.41, 5.74) is 5.97. The fraction of sp³-hybridized carbons (Fsp3) is 0.143. The highest BCUT2D eigenvalue weighted by atomic mass is 32.1. The van der Waals surface area contributed by atoms with Gasteiger partial charge in [-0.05, 0) is 24.3 Å². The molecule has 3 heterocycles. The van der Waals surface area contributed by atoms with Crippen molar-refractivity contribution < 1.29 is 4.42 Å². The van der Waals surface area contributed by atoms with Crippen molar-refractivity contribution >= 4 is 29.5 Å². The highest BCUT2D eigenvalue weighted by molar-refractivity contribution is 7.80. The van der Waals surface area contributed by atoms with E-state index in [4.69, 9.17) is 4.42 Å². The van der Waals surface area contributed by atoms with Crippen LogP contribution in [0.5, 0.6) is 0 Å². The van der Waals surface area contributed by atoms with Crippen LogP contribution in [-0.2, 0) is 13.1 Å². The van der Waals surface area contributed by atoms with Crippen molar-refractivity contribution in [1.29, 1.82) is 0 Å². The molecule has 0 unspecified atom stereocenters. The number of hydrogen-bond acceptors (Lipinski definition) is 3. The Kier molecular flexibility index (Phi) is 1.77. The van der Waals surface area contributed by atoms with Gasteiger partial charge in [-0.25, -0.2) is 0 Å². The Morgan fingerprint density at radius 2 is 1.59 bits per heavy atom. The van der Waals surface area contributed by atoms with Gasteiger partial charge in [0.05, 0.1) is 5.69 Å². The molecule has 2 bridgehead atoms. The molecule has 84 valence electrons. The summed E-state index contributed by atoms with van der Waals surface area (Å²) < 4.78 is 5.66. The molecule has 0 aliphatic carbocycles. The summed E-state index contributed by atoms with van der Waals surface area (Å²) in [5.74, 6) is 0. The molecule has 0 atom stereocenters.